The molecule has 3 rings (SSSR count). The predicted molar refractivity (Wildman–Crippen MR) is 97.5 cm³/mol. The maximum Gasteiger partial charge on any atom is 0.336 e. The fourth-order valence-electron chi connectivity index (χ4n) is 3.66. The van der Waals surface area contributed by atoms with Gasteiger partial charge >= 0.3 is 5.97 Å². The highest BCUT2D eigenvalue weighted by molar-refractivity contribution is 6.33. The number of dihydropyridines is 1. The lowest BCUT2D eigenvalue weighted by molar-refractivity contribution is -0.136. The summed E-state index contributed by atoms with van der Waals surface area (Å²) < 4.78 is 4.97. The number of carbonyl (C=O) groups is 2. The van der Waals surface area contributed by atoms with E-state index in [0.717, 1.165) is 12.1 Å². The Kier molecular flexibility index (Phi) is 4.94. The molecule has 0 saturated carbocycles. The summed E-state index contributed by atoms with van der Waals surface area (Å²) >= 11 is 12.6. The van der Waals surface area contributed by atoms with Crippen molar-refractivity contribution in [2.24, 2.45) is 5.92 Å². The van der Waals surface area contributed by atoms with Crippen LogP contribution in [0.2, 0.25) is 10.0 Å². The lowest BCUT2D eigenvalue weighted by Crippen LogP contribution is -2.36. The average molecular weight is 380 g/mol. The first kappa shape index (κ1) is 18.0. The summed E-state index contributed by atoms with van der Waals surface area (Å²) in [5, 5.41) is 4.20. The molecule has 6 heteroatoms. The number of ether oxygens (including phenoxy) is 1. The summed E-state index contributed by atoms with van der Waals surface area (Å²) in [6, 6.07) is 5.08. The molecule has 2 aliphatic rings. The van der Waals surface area contributed by atoms with E-state index in [9.17, 15) is 9.59 Å². The van der Waals surface area contributed by atoms with Crippen molar-refractivity contribution < 1.29 is 14.3 Å². The van der Waals surface area contributed by atoms with Crippen LogP contribution in [-0.4, -0.2) is 18.9 Å². The van der Waals surface area contributed by atoms with Crippen LogP contribution in [0, 0.1) is 5.92 Å². The van der Waals surface area contributed by atoms with Crippen LogP contribution >= 0.6 is 23.2 Å². The molecule has 1 aliphatic carbocycles. The molecule has 25 heavy (non-hydrogen) atoms. The Morgan fingerprint density at radius 1 is 1.28 bits per heavy atom. The summed E-state index contributed by atoms with van der Waals surface area (Å²) in [4.78, 5) is 25.3. The van der Waals surface area contributed by atoms with Crippen molar-refractivity contribution >= 4 is 35.0 Å². The van der Waals surface area contributed by atoms with E-state index in [1.165, 1.54) is 7.11 Å². The largest absolute Gasteiger partial charge is 0.466 e. The molecule has 0 saturated heterocycles. The van der Waals surface area contributed by atoms with Gasteiger partial charge in [0.25, 0.3) is 0 Å². The number of rotatable bonds is 2. The molecule has 0 amide bonds. The summed E-state index contributed by atoms with van der Waals surface area (Å²) in [5.41, 5.74) is 3.16. The van der Waals surface area contributed by atoms with Crippen molar-refractivity contribution in [2.45, 2.75) is 32.6 Å². The molecule has 0 aromatic heterocycles. The van der Waals surface area contributed by atoms with E-state index in [4.69, 9.17) is 27.9 Å². The Morgan fingerprint density at radius 3 is 2.68 bits per heavy atom. The molecule has 0 radical (unpaired) electrons. The van der Waals surface area contributed by atoms with Crippen molar-refractivity contribution in [2.75, 3.05) is 7.11 Å². The molecule has 0 bridgehead atoms. The van der Waals surface area contributed by atoms with Crippen LogP contribution in [0.5, 0.6) is 0 Å². The number of Topliss-reactive ketones (excluding diaryl/α,β-unsaturated/α-hetero) is 1. The number of esters is 1. The number of benzene rings is 1. The maximum atomic E-state index is 12.8. The number of allylic oxidation sites excluding steroid dienone is 3. The molecule has 1 N–H and O–H groups in total. The number of hydrogen-bond donors (Lipinski definition) is 1. The number of hydrogen-bond acceptors (Lipinski definition) is 4. The molecular formula is C19H19Cl2NO3. The fourth-order valence-corrected chi connectivity index (χ4v) is 4.07. The van der Waals surface area contributed by atoms with Crippen molar-refractivity contribution in [3.05, 3.63) is 56.3 Å². The van der Waals surface area contributed by atoms with Gasteiger partial charge < -0.3 is 10.1 Å². The molecule has 0 fully saturated rings. The number of carbonyl (C=O) groups excluding carboxylic acids is 2. The van der Waals surface area contributed by atoms with E-state index in [2.05, 4.69) is 5.32 Å². The van der Waals surface area contributed by atoms with Gasteiger partial charge in [0.2, 0.25) is 0 Å². The Bertz CT molecular complexity index is 826. The Labute approximate surface area is 156 Å². The third-order valence-electron chi connectivity index (χ3n) is 4.71. The van der Waals surface area contributed by atoms with Gasteiger partial charge in [-0.2, -0.15) is 0 Å². The number of ketones is 1. The highest BCUT2D eigenvalue weighted by atomic mass is 35.5. The normalized spacial score (nSPS) is 23.3. The molecule has 1 heterocycles. The standard InChI is InChI=1S/C19H19Cl2NO3/c1-9-6-14-18(15(23)7-9)17(12-8-11(20)4-5-13(12)21)16(10(2)22-14)19(24)25-3/h4-5,8-9,17,22H,6-7H2,1-3H3. The number of halogens is 2. The summed E-state index contributed by atoms with van der Waals surface area (Å²) in [6.07, 6.45) is 1.20. The van der Waals surface area contributed by atoms with Crippen LogP contribution in [0.25, 0.3) is 0 Å². The molecular weight excluding hydrogens is 361 g/mol. The lowest BCUT2D eigenvalue weighted by atomic mass is 9.73. The minimum atomic E-state index is -0.574. The molecule has 2 atom stereocenters. The zero-order valence-electron chi connectivity index (χ0n) is 14.3. The molecule has 1 aromatic rings. The highest BCUT2D eigenvalue weighted by Crippen LogP contribution is 2.45. The van der Waals surface area contributed by atoms with Gasteiger partial charge in [-0.1, -0.05) is 30.1 Å². The van der Waals surface area contributed by atoms with Crippen LogP contribution in [-0.2, 0) is 14.3 Å². The van der Waals surface area contributed by atoms with Crippen molar-refractivity contribution in [1.82, 2.24) is 5.32 Å². The molecule has 0 spiro atoms. The van der Waals surface area contributed by atoms with E-state index in [1.807, 2.05) is 13.8 Å². The van der Waals surface area contributed by atoms with E-state index in [0.29, 0.717) is 38.9 Å². The summed E-state index contributed by atoms with van der Waals surface area (Å²) in [6.45, 7) is 3.85. The van der Waals surface area contributed by atoms with Gasteiger partial charge in [0.1, 0.15) is 0 Å². The third kappa shape index (κ3) is 3.21. The Balaban J connectivity index is 2.25. The van der Waals surface area contributed by atoms with Gasteiger partial charge in [-0.05, 0) is 43.0 Å². The average Bonchev–Trinajstić information content (AvgIpc) is 2.54. The highest BCUT2D eigenvalue weighted by Gasteiger charge is 2.41. The lowest BCUT2D eigenvalue weighted by Gasteiger charge is -2.36. The topological polar surface area (TPSA) is 55.4 Å². The summed E-state index contributed by atoms with van der Waals surface area (Å²) in [7, 11) is 1.33. The van der Waals surface area contributed by atoms with Crippen LogP contribution in [0.1, 0.15) is 38.2 Å². The summed E-state index contributed by atoms with van der Waals surface area (Å²) in [5.74, 6) is -0.781. The van der Waals surface area contributed by atoms with E-state index in [-0.39, 0.29) is 11.7 Å². The van der Waals surface area contributed by atoms with Gasteiger partial charge in [0, 0.05) is 39.4 Å². The molecule has 1 aromatic carbocycles. The number of nitrogens with one attached hydrogen (secondary N) is 1. The number of methoxy groups -OCH3 is 1. The fraction of sp³-hybridized carbons (Fsp3) is 0.368. The minimum absolute atomic E-state index is 0.0243. The molecule has 4 nitrogen and oxygen atoms in total. The van der Waals surface area contributed by atoms with Gasteiger partial charge in [-0.15, -0.1) is 0 Å². The van der Waals surface area contributed by atoms with Gasteiger partial charge in [0.15, 0.2) is 5.78 Å². The molecule has 1 aliphatic heterocycles. The van der Waals surface area contributed by atoms with Crippen LogP contribution < -0.4 is 5.32 Å². The zero-order chi connectivity index (χ0) is 18.3. The second kappa shape index (κ2) is 6.85. The van der Waals surface area contributed by atoms with Gasteiger partial charge in [-0.3, -0.25) is 4.79 Å². The third-order valence-corrected chi connectivity index (χ3v) is 5.29. The monoisotopic (exact) mass is 379 g/mol. The van der Waals surface area contributed by atoms with Crippen molar-refractivity contribution in [3.8, 4) is 0 Å². The minimum Gasteiger partial charge on any atom is -0.466 e. The van der Waals surface area contributed by atoms with Crippen LogP contribution in [0.4, 0.5) is 0 Å². The van der Waals surface area contributed by atoms with E-state index >= 15 is 0 Å². The first-order valence-electron chi connectivity index (χ1n) is 8.10. The quantitative estimate of drug-likeness (QED) is 0.774. The van der Waals surface area contributed by atoms with Gasteiger partial charge in [0.05, 0.1) is 12.7 Å². The van der Waals surface area contributed by atoms with E-state index < -0.39 is 11.9 Å². The first-order chi connectivity index (χ1) is 11.8. The SMILES string of the molecule is COC(=O)C1=C(C)NC2=C(C(=O)CC(C)C2)C1c1cc(Cl)ccc1Cl. The van der Waals surface area contributed by atoms with Crippen LogP contribution in [0.15, 0.2) is 40.7 Å². The Morgan fingerprint density at radius 2 is 2.00 bits per heavy atom. The second-order valence-corrected chi connectivity index (χ2v) is 7.43. The molecule has 132 valence electrons. The van der Waals surface area contributed by atoms with Gasteiger partial charge in [-0.25, -0.2) is 4.79 Å². The van der Waals surface area contributed by atoms with Crippen molar-refractivity contribution in [3.63, 3.8) is 0 Å². The first-order valence-corrected chi connectivity index (χ1v) is 8.86. The maximum absolute atomic E-state index is 12.8. The predicted octanol–water partition coefficient (Wildman–Crippen LogP) is 4.38. The second-order valence-electron chi connectivity index (χ2n) is 6.58. The zero-order valence-corrected chi connectivity index (χ0v) is 15.8. The van der Waals surface area contributed by atoms with Crippen molar-refractivity contribution in [1.29, 1.82) is 0 Å². The van der Waals surface area contributed by atoms with Crippen LogP contribution in [0.3, 0.4) is 0 Å². The van der Waals surface area contributed by atoms with E-state index in [1.54, 1.807) is 18.2 Å². The molecule has 2 unspecified atom stereocenters. The smallest absolute Gasteiger partial charge is 0.336 e. The Hall–Kier alpha value is -1.78.